The first-order valence-corrected chi connectivity index (χ1v) is 4.32. The molecule has 2 aliphatic heterocycles. The Balaban J connectivity index is 1.94. The summed E-state index contributed by atoms with van der Waals surface area (Å²) in [5.74, 6) is 0. The maximum Gasteiger partial charge on any atom is 0.0982 e. The molecule has 2 fully saturated rings. The fraction of sp³-hybridized carbons (Fsp3) is 0.875. The van der Waals surface area contributed by atoms with E-state index in [9.17, 15) is 0 Å². The Morgan fingerprint density at radius 1 is 1.27 bits per heavy atom. The van der Waals surface area contributed by atoms with Crippen LogP contribution in [0.2, 0.25) is 0 Å². The van der Waals surface area contributed by atoms with Crippen LogP contribution in [0.4, 0.5) is 0 Å². The van der Waals surface area contributed by atoms with Crippen molar-refractivity contribution in [3.8, 4) is 0 Å². The molecule has 0 amide bonds. The monoisotopic (exact) mass is 155 g/mol. The van der Waals surface area contributed by atoms with Gasteiger partial charge in [0.2, 0.25) is 0 Å². The molecule has 2 heterocycles. The second-order valence-electron chi connectivity index (χ2n) is 3.38. The minimum Gasteiger partial charge on any atom is -0.365 e. The topological polar surface area (TPSA) is 33.3 Å². The van der Waals surface area contributed by atoms with E-state index in [4.69, 9.17) is 4.74 Å². The minimum absolute atomic E-state index is 0.0799. The number of piperidine rings is 1. The lowest BCUT2D eigenvalue weighted by Gasteiger charge is -2.40. The Hall–Kier alpha value is -0.120. The summed E-state index contributed by atoms with van der Waals surface area (Å²) in [6.45, 7) is 5.91. The fourth-order valence-corrected chi connectivity index (χ4v) is 1.81. The summed E-state index contributed by atoms with van der Waals surface area (Å²) in [6, 6.07) is 0. The van der Waals surface area contributed by atoms with Crippen molar-refractivity contribution in [3.63, 3.8) is 0 Å². The molecule has 0 aromatic rings. The van der Waals surface area contributed by atoms with Gasteiger partial charge in [-0.25, -0.2) is 0 Å². The molecule has 0 aromatic heterocycles. The van der Waals surface area contributed by atoms with Crippen LogP contribution in [-0.2, 0) is 4.74 Å². The van der Waals surface area contributed by atoms with Crippen LogP contribution in [0.15, 0.2) is 0 Å². The van der Waals surface area contributed by atoms with Crippen LogP contribution in [0, 0.1) is 6.61 Å². The SMILES string of the molecule is [CH]1CNCC2(CCCNC2)O1. The molecule has 1 spiro atoms. The van der Waals surface area contributed by atoms with Crippen molar-refractivity contribution in [2.45, 2.75) is 18.4 Å². The molecule has 3 nitrogen and oxygen atoms in total. The Morgan fingerprint density at radius 3 is 2.82 bits per heavy atom. The van der Waals surface area contributed by atoms with Crippen molar-refractivity contribution in [2.75, 3.05) is 26.2 Å². The highest BCUT2D eigenvalue weighted by molar-refractivity contribution is 4.93. The van der Waals surface area contributed by atoms with Crippen molar-refractivity contribution in [2.24, 2.45) is 0 Å². The van der Waals surface area contributed by atoms with Gasteiger partial charge in [0.25, 0.3) is 0 Å². The second-order valence-corrected chi connectivity index (χ2v) is 3.38. The summed E-state index contributed by atoms with van der Waals surface area (Å²) in [5, 5.41) is 6.68. The van der Waals surface area contributed by atoms with Crippen molar-refractivity contribution in [3.05, 3.63) is 6.61 Å². The zero-order valence-electron chi connectivity index (χ0n) is 6.73. The van der Waals surface area contributed by atoms with Crippen molar-refractivity contribution in [1.82, 2.24) is 10.6 Å². The van der Waals surface area contributed by atoms with Crippen molar-refractivity contribution in [1.29, 1.82) is 0 Å². The number of hydrogen-bond acceptors (Lipinski definition) is 3. The Bertz CT molecular complexity index is 107. The second kappa shape index (κ2) is 3.09. The fourth-order valence-electron chi connectivity index (χ4n) is 1.81. The van der Waals surface area contributed by atoms with Gasteiger partial charge < -0.3 is 15.4 Å². The van der Waals surface area contributed by atoms with E-state index in [-0.39, 0.29) is 5.60 Å². The summed E-state index contributed by atoms with van der Waals surface area (Å²) in [6.07, 6.45) is 2.42. The molecule has 11 heavy (non-hydrogen) atoms. The van der Waals surface area contributed by atoms with E-state index >= 15 is 0 Å². The van der Waals surface area contributed by atoms with Gasteiger partial charge in [-0.2, -0.15) is 0 Å². The Labute approximate surface area is 67.5 Å². The highest BCUT2D eigenvalue weighted by Crippen LogP contribution is 2.22. The van der Waals surface area contributed by atoms with Gasteiger partial charge in [0.05, 0.1) is 12.2 Å². The first kappa shape index (κ1) is 7.53. The van der Waals surface area contributed by atoms with Crippen molar-refractivity contribution < 1.29 is 4.74 Å². The smallest absolute Gasteiger partial charge is 0.0982 e. The quantitative estimate of drug-likeness (QED) is 0.512. The van der Waals surface area contributed by atoms with Crippen LogP contribution in [0.3, 0.4) is 0 Å². The standard InChI is InChI=1S/C8H15N2O/c1-2-8(6-9-3-1)7-10-4-5-11-8/h5,9-10H,1-4,6-7H2. The zero-order valence-corrected chi connectivity index (χ0v) is 6.73. The third kappa shape index (κ3) is 1.55. The molecule has 2 rings (SSSR count). The zero-order chi connectivity index (χ0) is 7.57. The van der Waals surface area contributed by atoms with E-state index in [2.05, 4.69) is 10.6 Å². The summed E-state index contributed by atoms with van der Waals surface area (Å²) < 4.78 is 5.66. The highest BCUT2D eigenvalue weighted by Gasteiger charge is 2.34. The normalized spacial score (nSPS) is 39.3. The van der Waals surface area contributed by atoms with Crippen LogP contribution >= 0.6 is 0 Å². The first-order chi connectivity index (χ1) is 5.41. The van der Waals surface area contributed by atoms with Gasteiger partial charge in [-0.15, -0.1) is 0 Å². The number of hydrogen-bond donors (Lipinski definition) is 2. The molecule has 2 saturated heterocycles. The molecular formula is C8H15N2O. The predicted octanol–water partition coefficient (Wildman–Crippen LogP) is -0.110. The number of ether oxygens (including phenoxy) is 1. The molecule has 63 valence electrons. The molecule has 0 bridgehead atoms. The largest absolute Gasteiger partial charge is 0.365 e. The first-order valence-electron chi connectivity index (χ1n) is 4.32. The van der Waals surface area contributed by atoms with Gasteiger partial charge in [0.1, 0.15) is 0 Å². The number of rotatable bonds is 0. The maximum atomic E-state index is 5.66. The van der Waals surface area contributed by atoms with Crippen LogP contribution < -0.4 is 10.6 Å². The maximum absolute atomic E-state index is 5.66. The molecule has 0 aromatic carbocycles. The van der Waals surface area contributed by atoms with Gasteiger partial charge >= 0.3 is 0 Å². The average molecular weight is 155 g/mol. The molecule has 0 aliphatic carbocycles. The van der Waals surface area contributed by atoms with E-state index in [1.807, 2.05) is 6.61 Å². The minimum atomic E-state index is 0.0799. The third-order valence-corrected chi connectivity index (χ3v) is 2.44. The third-order valence-electron chi connectivity index (χ3n) is 2.44. The summed E-state index contributed by atoms with van der Waals surface area (Å²) in [5.41, 5.74) is 0.0799. The van der Waals surface area contributed by atoms with E-state index in [1.54, 1.807) is 0 Å². The van der Waals surface area contributed by atoms with E-state index in [0.29, 0.717) is 0 Å². The molecule has 1 atom stereocenters. The van der Waals surface area contributed by atoms with Crippen LogP contribution in [0.25, 0.3) is 0 Å². The molecular weight excluding hydrogens is 140 g/mol. The van der Waals surface area contributed by atoms with Gasteiger partial charge in [0, 0.05) is 19.6 Å². The molecule has 0 saturated carbocycles. The number of nitrogens with one attached hydrogen (secondary N) is 2. The summed E-state index contributed by atoms with van der Waals surface area (Å²) in [7, 11) is 0. The lowest BCUT2D eigenvalue weighted by atomic mass is 9.93. The van der Waals surface area contributed by atoms with Gasteiger partial charge in [0.15, 0.2) is 0 Å². The molecule has 1 radical (unpaired) electrons. The van der Waals surface area contributed by atoms with Crippen LogP contribution in [-0.4, -0.2) is 31.8 Å². The van der Waals surface area contributed by atoms with Crippen LogP contribution in [0.1, 0.15) is 12.8 Å². The molecule has 2 aliphatic rings. The number of morpholine rings is 1. The highest BCUT2D eigenvalue weighted by atomic mass is 16.5. The molecule has 1 unspecified atom stereocenters. The van der Waals surface area contributed by atoms with Crippen LogP contribution in [0.5, 0.6) is 0 Å². The van der Waals surface area contributed by atoms with E-state index in [0.717, 1.165) is 26.2 Å². The van der Waals surface area contributed by atoms with Crippen molar-refractivity contribution >= 4 is 0 Å². The predicted molar refractivity (Wildman–Crippen MR) is 43.1 cm³/mol. The van der Waals surface area contributed by atoms with Gasteiger partial charge in [-0.05, 0) is 19.4 Å². The Morgan fingerprint density at radius 2 is 2.18 bits per heavy atom. The molecule has 2 N–H and O–H groups in total. The van der Waals surface area contributed by atoms with E-state index in [1.165, 1.54) is 12.8 Å². The summed E-state index contributed by atoms with van der Waals surface area (Å²) >= 11 is 0. The summed E-state index contributed by atoms with van der Waals surface area (Å²) in [4.78, 5) is 0. The lowest BCUT2D eigenvalue weighted by Crippen LogP contribution is -2.56. The molecule has 3 heteroatoms. The van der Waals surface area contributed by atoms with Gasteiger partial charge in [-0.1, -0.05) is 0 Å². The average Bonchev–Trinajstić information content (AvgIpc) is 2.07. The van der Waals surface area contributed by atoms with Gasteiger partial charge in [-0.3, -0.25) is 0 Å². The lowest BCUT2D eigenvalue weighted by molar-refractivity contribution is -0.0435. The Kier molecular flexibility index (Phi) is 2.11. The van der Waals surface area contributed by atoms with E-state index < -0.39 is 0 Å².